The second-order valence-electron chi connectivity index (χ2n) is 5.13. The number of aromatic nitrogens is 2. The molecular formula is C16H18BrN3O3. The van der Waals surface area contributed by atoms with Crippen LogP contribution in [0.1, 0.15) is 36.7 Å². The van der Waals surface area contributed by atoms with Crippen molar-refractivity contribution in [2.45, 2.75) is 32.2 Å². The molecule has 0 bridgehead atoms. The van der Waals surface area contributed by atoms with Crippen molar-refractivity contribution < 1.29 is 14.7 Å². The highest BCUT2D eigenvalue weighted by atomic mass is 79.9. The minimum absolute atomic E-state index is 0.188. The first-order valence-corrected chi connectivity index (χ1v) is 8.16. The van der Waals surface area contributed by atoms with Gasteiger partial charge >= 0.3 is 5.97 Å². The molecule has 1 heterocycles. The smallest absolute Gasteiger partial charge is 0.326 e. The highest BCUT2D eigenvalue weighted by Crippen LogP contribution is 2.15. The normalized spacial score (nSPS) is 11.9. The summed E-state index contributed by atoms with van der Waals surface area (Å²) in [5, 5.41) is 15.9. The molecule has 6 nitrogen and oxygen atoms in total. The van der Waals surface area contributed by atoms with Crippen molar-refractivity contribution in [2.24, 2.45) is 0 Å². The van der Waals surface area contributed by atoms with Gasteiger partial charge in [0.25, 0.3) is 5.91 Å². The van der Waals surface area contributed by atoms with Gasteiger partial charge in [0.1, 0.15) is 6.04 Å². The van der Waals surface area contributed by atoms with Gasteiger partial charge in [0, 0.05) is 10.7 Å². The van der Waals surface area contributed by atoms with Crippen LogP contribution >= 0.6 is 15.9 Å². The van der Waals surface area contributed by atoms with Crippen molar-refractivity contribution in [2.75, 3.05) is 0 Å². The maximum absolute atomic E-state index is 12.2. The topological polar surface area (TPSA) is 84.2 Å². The summed E-state index contributed by atoms with van der Waals surface area (Å²) in [6, 6.07) is 8.17. The summed E-state index contributed by atoms with van der Waals surface area (Å²) in [7, 11) is 0. The van der Waals surface area contributed by atoms with Crippen molar-refractivity contribution in [3.63, 3.8) is 0 Å². The average molecular weight is 380 g/mol. The number of amides is 1. The van der Waals surface area contributed by atoms with E-state index < -0.39 is 17.9 Å². The number of halogens is 1. The van der Waals surface area contributed by atoms with Gasteiger partial charge in [-0.15, -0.1) is 0 Å². The van der Waals surface area contributed by atoms with Crippen LogP contribution in [0.25, 0.3) is 5.69 Å². The molecule has 2 N–H and O–H groups in total. The van der Waals surface area contributed by atoms with Crippen LogP contribution < -0.4 is 5.32 Å². The Morgan fingerprint density at radius 3 is 2.83 bits per heavy atom. The molecule has 2 rings (SSSR count). The molecule has 1 amide bonds. The van der Waals surface area contributed by atoms with Crippen LogP contribution in [-0.4, -0.2) is 32.8 Å². The van der Waals surface area contributed by atoms with Gasteiger partial charge < -0.3 is 10.4 Å². The highest BCUT2D eigenvalue weighted by Gasteiger charge is 2.21. The number of carbonyl (C=O) groups excluding carboxylic acids is 1. The molecule has 0 aliphatic rings. The molecular weight excluding hydrogens is 362 g/mol. The minimum atomic E-state index is -1.03. The number of carbonyl (C=O) groups is 2. The first-order valence-electron chi connectivity index (χ1n) is 7.36. The van der Waals surface area contributed by atoms with Crippen LogP contribution in [-0.2, 0) is 4.79 Å². The van der Waals surface area contributed by atoms with Crippen LogP contribution in [0.2, 0.25) is 0 Å². The third-order valence-electron chi connectivity index (χ3n) is 3.34. The van der Waals surface area contributed by atoms with Crippen LogP contribution in [0.4, 0.5) is 0 Å². The van der Waals surface area contributed by atoms with E-state index in [0.29, 0.717) is 6.42 Å². The average Bonchev–Trinajstić information content (AvgIpc) is 3.01. The Hall–Kier alpha value is -2.15. The molecule has 0 aliphatic heterocycles. The number of benzene rings is 1. The molecule has 0 unspecified atom stereocenters. The maximum atomic E-state index is 12.2. The van der Waals surface area contributed by atoms with Gasteiger partial charge in [0.05, 0.1) is 5.69 Å². The van der Waals surface area contributed by atoms with Crippen molar-refractivity contribution >= 4 is 27.8 Å². The minimum Gasteiger partial charge on any atom is -0.480 e. The fourth-order valence-electron chi connectivity index (χ4n) is 2.11. The molecule has 7 heteroatoms. The molecule has 23 heavy (non-hydrogen) atoms. The van der Waals surface area contributed by atoms with Gasteiger partial charge in [0.2, 0.25) is 0 Å². The van der Waals surface area contributed by atoms with E-state index in [0.717, 1.165) is 23.0 Å². The highest BCUT2D eigenvalue weighted by molar-refractivity contribution is 9.10. The summed E-state index contributed by atoms with van der Waals surface area (Å²) in [5.41, 5.74) is 0.993. The van der Waals surface area contributed by atoms with E-state index in [-0.39, 0.29) is 5.69 Å². The van der Waals surface area contributed by atoms with Gasteiger partial charge in [0.15, 0.2) is 5.69 Å². The van der Waals surface area contributed by atoms with Crippen molar-refractivity contribution in [3.8, 4) is 5.69 Å². The summed E-state index contributed by atoms with van der Waals surface area (Å²) in [5.74, 6) is -1.51. The number of aliphatic carboxylic acids is 1. The Morgan fingerprint density at radius 1 is 1.39 bits per heavy atom. The largest absolute Gasteiger partial charge is 0.480 e. The molecule has 0 spiro atoms. The Labute approximate surface area is 142 Å². The van der Waals surface area contributed by atoms with E-state index in [1.165, 1.54) is 0 Å². The third-order valence-corrected chi connectivity index (χ3v) is 3.84. The van der Waals surface area contributed by atoms with Crippen LogP contribution in [0, 0.1) is 0 Å². The van der Waals surface area contributed by atoms with Crippen molar-refractivity contribution in [1.29, 1.82) is 0 Å². The van der Waals surface area contributed by atoms with E-state index in [1.807, 2.05) is 31.2 Å². The molecule has 122 valence electrons. The molecule has 0 fully saturated rings. The second-order valence-corrected chi connectivity index (χ2v) is 6.05. The molecule has 0 saturated carbocycles. The monoisotopic (exact) mass is 379 g/mol. The number of carboxylic acid groups (broad SMARTS) is 1. The molecule has 2 aromatic rings. The predicted molar refractivity (Wildman–Crippen MR) is 89.7 cm³/mol. The van der Waals surface area contributed by atoms with Crippen LogP contribution in [0.5, 0.6) is 0 Å². The van der Waals surface area contributed by atoms with E-state index in [1.54, 1.807) is 16.9 Å². The summed E-state index contributed by atoms with van der Waals surface area (Å²) in [6.07, 6.45) is 3.68. The predicted octanol–water partition coefficient (Wildman–Crippen LogP) is 3.01. The Bertz CT molecular complexity index is 699. The van der Waals surface area contributed by atoms with E-state index in [4.69, 9.17) is 5.11 Å². The second kappa shape index (κ2) is 7.92. The SMILES string of the molecule is CCCC[C@H](NC(=O)c1ccn(-c2cccc(Br)c2)n1)C(=O)O. The lowest BCUT2D eigenvalue weighted by molar-refractivity contribution is -0.139. The van der Waals surface area contributed by atoms with Crippen molar-refractivity contribution in [3.05, 3.63) is 46.7 Å². The first-order chi connectivity index (χ1) is 11.0. The number of hydrogen-bond donors (Lipinski definition) is 2. The Balaban J connectivity index is 2.10. The molecule has 0 radical (unpaired) electrons. The van der Waals surface area contributed by atoms with E-state index in [9.17, 15) is 9.59 Å². The number of rotatable bonds is 7. The molecule has 1 aromatic carbocycles. The molecule has 1 atom stereocenters. The zero-order valence-corrected chi connectivity index (χ0v) is 14.3. The number of nitrogens with zero attached hydrogens (tertiary/aromatic N) is 2. The molecule has 0 saturated heterocycles. The molecule has 1 aromatic heterocycles. The van der Waals surface area contributed by atoms with Crippen LogP contribution in [0.3, 0.4) is 0 Å². The van der Waals surface area contributed by atoms with Gasteiger partial charge in [-0.3, -0.25) is 4.79 Å². The Morgan fingerprint density at radius 2 is 2.17 bits per heavy atom. The number of nitrogens with one attached hydrogen (secondary N) is 1. The number of carboxylic acids is 1. The lowest BCUT2D eigenvalue weighted by Crippen LogP contribution is -2.40. The first kappa shape index (κ1) is 17.2. The lowest BCUT2D eigenvalue weighted by Gasteiger charge is -2.12. The fraction of sp³-hybridized carbons (Fsp3) is 0.312. The number of unbranched alkanes of at least 4 members (excludes halogenated alkanes) is 1. The van der Waals surface area contributed by atoms with Gasteiger partial charge in [-0.05, 0) is 30.7 Å². The van der Waals surface area contributed by atoms with Gasteiger partial charge in [-0.1, -0.05) is 41.8 Å². The lowest BCUT2D eigenvalue weighted by atomic mass is 10.1. The quantitative estimate of drug-likeness (QED) is 0.774. The van der Waals surface area contributed by atoms with Gasteiger partial charge in [-0.2, -0.15) is 5.10 Å². The summed E-state index contributed by atoms with van der Waals surface area (Å²) >= 11 is 3.38. The van der Waals surface area contributed by atoms with Crippen molar-refractivity contribution in [1.82, 2.24) is 15.1 Å². The van der Waals surface area contributed by atoms with Crippen LogP contribution in [0.15, 0.2) is 41.0 Å². The number of hydrogen-bond acceptors (Lipinski definition) is 3. The standard InChI is InChI=1S/C16H18BrN3O3/c1-2-3-7-14(16(22)23)18-15(21)13-8-9-20(19-13)12-6-4-5-11(17)10-12/h4-6,8-10,14H,2-3,7H2,1H3,(H,18,21)(H,22,23)/t14-/m0/s1. The molecule has 0 aliphatic carbocycles. The summed E-state index contributed by atoms with van der Waals surface area (Å²) in [4.78, 5) is 23.4. The van der Waals surface area contributed by atoms with Gasteiger partial charge in [-0.25, -0.2) is 9.48 Å². The van der Waals surface area contributed by atoms with E-state index >= 15 is 0 Å². The summed E-state index contributed by atoms with van der Waals surface area (Å²) < 4.78 is 2.48. The third kappa shape index (κ3) is 4.66. The summed E-state index contributed by atoms with van der Waals surface area (Å²) in [6.45, 7) is 1.97. The Kier molecular flexibility index (Phi) is 5.92. The fourth-order valence-corrected chi connectivity index (χ4v) is 2.49. The zero-order chi connectivity index (χ0) is 16.8. The maximum Gasteiger partial charge on any atom is 0.326 e. The zero-order valence-electron chi connectivity index (χ0n) is 12.7. The van der Waals surface area contributed by atoms with E-state index in [2.05, 4.69) is 26.3 Å².